The zero-order valence-corrected chi connectivity index (χ0v) is 23.1. The Morgan fingerprint density at radius 2 is 1.22 bits per heavy atom. The molecule has 0 aliphatic rings. The molecule has 0 aliphatic heterocycles. The minimum absolute atomic E-state index is 0.565. The van der Waals surface area contributed by atoms with Crippen molar-refractivity contribution in [1.82, 2.24) is 5.01 Å². The van der Waals surface area contributed by atoms with E-state index in [9.17, 15) is 0 Å². The molecule has 0 heterocycles. The first-order valence-corrected chi connectivity index (χ1v) is 20.2. The molecule has 0 amide bonds. The molecule has 0 aliphatic carbocycles. The zero-order valence-electron chi connectivity index (χ0n) is 20.2. The van der Waals surface area contributed by atoms with Gasteiger partial charge in [-0.3, -0.25) is 0 Å². The Balaban J connectivity index is 5.41. The number of hydrogen-bond donors (Lipinski definition) is 0. The van der Waals surface area contributed by atoms with E-state index in [-0.39, 0.29) is 0 Å². The quantitative estimate of drug-likeness (QED) is 0.115. The fourth-order valence-electron chi connectivity index (χ4n) is 4.57. The third-order valence-corrected chi connectivity index (χ3v) is 22.1. The normalized spacial score (nSPS) is 14.0. The topological polar surface area (TPSA) is 15.6 Å². The van der Waals surface area contributed by atoms with Crippen LogP contribution in [-0.2, 0) is 0 Å². The molecule has 0 bridgehead atoms. The Morgan fingerprint density at radius 3 is 1.56 bits per heavy atom. The molecular weight excluding hydrogens is 435 g/mol. The van der Waals surface area contributed by atoms with Crippen LogP contribution < -0.4 is 0 Å². The van der Waals surface area contributed by atoms with Crippen LogP contribution in [0, 0.1) is 11.8 Å². The van der Waals surface area contributed by atoms with Gasteiger partial charge in [-0.25, -0.2) is 0 Å². The zero-order chi connectivity index (χ0) is 20.7. The van der Waals surface area contributed by atoms with Gasteiger partial charge in [-0.15, -0.1) is 0 Å². The summed E-state index contributed by atoms with van der Waals surface area (Å²) in [5.74, 6) is 1.27. The van der Waals surface area contributed by atoms with Crippen molar-refractivity contribution in [2.24, 2.45) is 16.9 Å². The van der Waals surface area contributed by atoms with Crippen molar-refractivity contribution in [3.05, 3.63) is 0 Å². The van der Waals surface area contributed by atoms with Gasteiger partial charge in [0.1, 0.15) is 0 Å². The fraction of sp³-hybridized carbons (Fsp3) is 0.958. The maximum atomic E-state index is 4.96. The van der Waals surface area contributed by atoms with Gasteiger partial charge in [0.15, 0.2) is 0 Å². The number of hydrogen-bond acceptors (Lipinski definition) is 2. The second-order valence-electron chi connectivity index (χ2n) is 9.36. The summed E-state index contributed by atoms with van der Waals surface area (Å²) in [6, 6.07) is 0. The molecule has 162 valence electrons. The van der Waals surface area contributed by atoms with Crippen molar-refractivity contribution < 1.29 is 0 Å². The average molecular weight is 487 g/mol. The van der Waals surface area contributed by atoms with Crippen molar-refractivity contribution >= 4 is 24.1 Å². The molecule has 0 spiro atoms. The van der Waals surface area contributed by atoms with E-state index in [1.54, 1.807) is 17.7 Å². The van der Waals surface area contributed by atoms with Gasteiger partial charge in [0, 0.05) is 0 Å². The molecule has 0 radical (unpaired) electrons. The molecule has 0 saturated heterocycles. The van der Waals surface area contributed by atoms with Gasteiger partial charge in [-0.2, -0.15) is 0 Å². The number of hydrazone groups is 1. The van der Waals surface area contributed by atoms with Crippen molar-refractivity contribution in [2.75, 3.05) is 14.1 Å². The Labute approximate surface area is 176 Å². The molecule has 2 nitrogen and oxygen atoms in total. The van der Waals surface area contributed by atoms with Crippen LogP contribution in [0.25, 0.3) is 0 Å². The molecule has 0 N–H and O–H groups in total. The van der Waals surface area contributed by atoms with E-state index in [0.29, 0.717) is 11.8 Å². The molecule has 3 heteroatoms. The van der Waals surface area contributed by atoms with Gasteiger partial charge in [0.05, 0.1) is 0 Å². The van der Waals surface area contributed by atoms with E-state index >= 15 is 0 Å². The van der Waals surface area contributed by atoms with Gasteiger partial charge in [0.25, 0.3) is 0 Å². The average Bonchev–Trinajstić information content (AvgIpc) is 2.63. The maximum absolute atomic E-state index is 4.96. The van der Waals surface area contributed by atoms with E-state index in [1.165, 1.54) is 63.5 Å². The second-order valence-corrected chi connectivity index (χ2v) is 23.6. The number of unbranched alkanes of at least 4 members (excludes halogenated alkanes) is 3. The van der Waals surface area contributed by atoms with Crippen LogP contribution in [-0.4, -0.2) is 43.2 Å². The first kappa shape index (κ1) is 27.3. The Morgan fingerprint density at radius 1 is 0.741 bits per heavy atom. The van der Waals surface area contributed by atoms with Crippen molar-refractivity contribution in [2.45, 2.75) is 117 Å². The van der Waals surface area contributed by atoms with Gasteiger partial charge >= 0.3 is 177 Å². The van der Waals surface area contributed by atoms with E-state index in [0.717, 1.165) is 0 Å². The number of nitrogens with zero attached hydrogens (tertiary/aromatic N) is 2. The molecule has 0 fully saturated rings. The van der Waals surface area contributed by atoms with Crippen LogP contribution in [0.1, 0.15) is 99.3 Å². The van der Waals surface area contributed by atoms with E-state index in [1.807, 2.05) is 5.01 Å². The summed E-state index contributed by atoms with van der Waals surface area (Å²) in [4.78, 5) is 0. The molecule has 1 unspecified atom stereocenters. The molecule has 0 rings (SSSR count). The van der Waals surface area contributed by atoms with Gasteiger partial charge < -0.3 is 0 Å². The third kappa shape index (κ3) is 11.8. The summed E-state index contributed by atoms with van der Waals surface area (Å²) < 4.78 is 6.54. The van der Waals surface area contributed by atoms with Crippen LogP contribution in [0.4, 0.5) is 0 Å². The molecule has 0 saturated carbocycles. The Hall–Kier alpha value is 0.269. The van der Waals surface area contributed by atoms with E-state index < -0.39 is 18.4 Å². The fourth-order valence-corrected chi connectivity index (χ4v) is 21.0. The number of rotatable bonds is 17. The van der Waals surface area contributed by atoms with Gasteiger partial charge in [-0.05, 0) is 0 Å². The molecule has 1 atom stereocenters. The van der Waals surface area contributed by atoms with Crippen LogP contribution in [0.2, 0.25) is 17.7 Å². The molecule has 0 aromatic heterocycles. The standard InChI is InChI=1S/C12H25N2.3C4H9.Sn/c1-7-9-11(8-2)12(10(3)4)13-14(5)6;3*1-3-4-2;/h10-11H,2,7-9H2,1,3-6H3;3*1,3-4H2,2H3;/b13-12+;;;;. The van der Waals surface area contributed by atoms with E-state index in [4.69, 9.17) is 5.10 Å². The first-order chi connectivity index (χ1) is 12.9. The van der Waals surface area contributed by atoms with E-state index in [2.05, 4.69) is 55.6 Å². The molecule has 0 aromatic rings. The summed E-state index contributed by atoms with van der Waals surface area (Å²) in [7, 11) is 4.16. The van der Waals surface area contributed by atoms with Crippen LogP contribution in [0.15, 0.2) is 5.10 Å². The third-order valence-electron chi connectivity index (χ3n) is 6.17. The summed E-state index contributed by atoms with van der Waals surface area (Å²) in [6.45, 7) is 14.2. The van der Waals surface area contributed by atoms with Crippen LogP contribution in [0.3, 0.4) is 0 Å². The van der Waals surface area contributed by atoms with Crippen molar-refractivity contribution in [1.29, 1.82) is 0 Å². The van der Waals surface area contributed by atoms with Crippen LogP contribution >= 0.6 is 0 Å². The van der Waals surface area contributed by atoms with Crippen molar-refractivity contribution in [3.63, 3.8) is 0 Å². The monoisotopic (exact) mass is 488 g/mol. The first-order valence-electron chi connectivity index (χ1n) is 12.1. The van der Waals surface area contributed by atoms with Crippen molar-refractivity contribution in [3.8, 4) is 0 Å². The van der Waals surface area contributed by atoms with Crippen LogP contribution in [0.5, 0.6) is 0 Å². The Kier molecular flexibility index (Phi) is 16.3. The molecule has 27 heavy (non-hydrogen) atoms. The van der Waals surface area contributed by atoms with Gasteiger partial charge in [0.2, 0.25) is 0 Å². The predicted molar refractivity (Wildman–Crippen MR) is 129 cm³/mol. The van der Waals surface area contributed by atoms with Gasteiger partial charge in [-0.1, -0.05) is 0 Å². The molecular formula is C24H52N2Sn. The predicted octanol–water partition coefficient (Wildman–Crippen LogP) is 8.22. The minimum atomic E-state index is -2.02. The summed E-state index contributed by atoms with van der Waals surface area (Å²) >= 11 is -2.02. The SMILES string of the molecule is CCC[CH2][Sn]([CH2]CCC)([CH2]CCC)[CH2]CC(CCC)/C(=N/N(C)C)C(C)C. The Bertz CT molecular complexity index is 355. The second kappa shape index (κ2) is 16.1. The summed E-state index contributed by atoms with van der Waals surface area (Å²) in [5.41, 5.74) is 1.46. The molecule has 0 aromatic carbocycles. The summed E-state index contributed by atoms with van der Waals surface area (Å²) in [5, 5.41) is 6.98. The summed E-state index contributed by atoms with van der Waals surface area (Å²) in [6.07, 6.45) is 12.7.